The maximum absolute atomic E-state index is 12.8. The highest BCUT2D eigenvalue weighted by molar-refractivity contribution is 5.92. The molecule has 3 aromatic rings. The molecule has 2 amide bonds. The molecule has 0 atom stereocenters. The molecular formula is C29H32N2O3. The summed E-state index contributed by atoms with van der Waals surface area (Å²) in [7, 11) is 0. The highest BCUT2D eigenvalue weighted by atomic mass is 16.3. The normalized spacial score (nSPS) is 16.2. The van der Waals surface area contributed by atoms with Crippen LogP contribution in [0.1, 0.15) is 55.4 Å². The number of amides is 2. The molecule has 1 aliphatic carbocycles. The number of anilines is 1. The maximum atomic E-state index is 12.8. The predicted octanol–water partition coefficient (Wildman–Crippen LogP) is 5.98. The van der Waals surface area contributed by atoms with E-state index in [-0.39, 0.29) is 17.7 Å². The molecule has 1 aromatic heterocycles. The van der Waals surface area contributed by atoms with Gasteiger partial charge in [-0.05, 0) is 55.2 Å². The molecule has 34 heavy (non-hydrogen) atoms. The molecule has 0 unspecified atom stereocenters. The van der Waals surface area contributed by atoms with Crippen molar-refractivity contribution in [3.05, 3.63) is 77.6 Å². The van der Waals surface area contributed by atoms with Crippen LogP contribution in [0.2, 0.25) is 0 Å². The van der Waals surface area contributed by atoms with E-state index in [2.05, 4.69) is 23.5 Å². The lowest BCUT2D eigenvalue weighted by molar-refractivity contribution is -0.132. The lowest BCUT2D eigenvalue weighted by atomic mass is 9.88. The average molecular weight is 457 g/mol. The summed E-state index contributed by atoms with van der Waals surface area (Å²) in [5.41, 5.74) is 4.08. The van der Waals surface area contributed by atoms with E-state index < -0.39 is 0 Å². The van der Waals surface area contributed by atoms with Crippen LogP contribution in [0.5, 0.6) is 0 Å². The number of furan rings is 1. The minimum absolute atomic E-state index is 0.137. The van der Waals surface area contributed by atoms with Crippen LogP contribution in [-0.4, -0.2) is 23.3 Å². The van der Waals surface area contributed by atoms with Crippen molar-refractivity contribution in [2.75, 3.05) is 11.9 Å². The molecule has 0 saturated heterocycles. The van der Waals surface area contributed by atoms with Crippen LogP contribution < -0.4 is 5.32 Å². The fourth-order valence-electron chi connectivity index (χ4n) is 5.07. The second-order valence-corrected chi connectivity index (χ2v) is 9.51. The van der Waals surface area contributed by atoms with Crippen molar-refractivity contribution in [3.8, 4) is 11.3 Å². The first-order valence-electron chi connectivity index (χ1n) is 12.5. The molecule has 0 radical (unpaired) electrons. The van der Waals surface area contributed by atoms with Crippen molar-refractivity contribution in [2.24, 2.45) is 5.92 Å². The van der Waals surface area contributed by atoms with E-state index in [1.54, 1.807) is 0 Å². The van der Waals surface area contributed by atoms with Crippen LogP contribution in [0, 0.1) is 5.92 Å². The fourth-order valence-corrected chi connectivity index (χ4v) is 5.07. The van der Waals surface area contributed by atoms with Crippen LogP contribution in [0.15, 0.2) is 65.1 Å². The molecular weight excluding hydrogens is 424 g/mol. The summed E-state index contributed by atoms with van der Waals surface area (Å²) in [6.45, 7) is 1.29. The Kier molecular flexibility index (Phi) is 6.79. The maximum Gasteiger partial charge on any atom is 0.227 e. The van der Waals surface area contributed by atoms with Crippen LogP contribution in [0.25, 0.3) is 11.3 Å². The number of hydrogen-bond donors (Lipinski definition) is 1. The third-order valence-electron chi connectivity index (χ3n) is 7.10. The van der Waals surface area contributed by atoms with Crippen LogP contribution >= 0.6 is 0 Å². The van der Waals surface area contributed by atoms with Gasteiger partial charge in [0.2, 0.25) is 11.8 Å². The van der Waals surface area contributed by atoms with E-state index >= 15 is 0 Å². The topological polar surface area (TPSA) is 62.6 Å². The second kappa shape index (κ2) is 10.3. The molecule has 176 valence electrons. The minimum atomic E-state index is 0.137. The predicted molar refractivity (Wildman–Crippen MR) is 133 cm³/mol. The Morgan fingerprint density at radius 2 is 1.74 bits per heavy atom. The SMILES string of the molecule is O=C(Nc1ccc(-c2cc3c(o2)CCN(C(=O)CCc2ccccc2)C3)cc1)C1CCCCC1. The monoisotopic (exact) mass is 456 g/mol. The van der Waals surface area contributed by atoms with Crippen molar-refractivity contribution < 1.29 is 14.0 Å². The van der Waals surface area contributed by atoms with Crippen molar-refractivity contribution in [1.82, 2.24) is 4.90 Å². The molecule has 1 aliphatic heterocycles. The van der Waals surface area contributed by atoms with Crippen molar-refractivity contribution in [3.63, 3.8) is 0 Å². The van der Waals surface area contributed by atoms with Crippen LogP contribution in [-0.2, 0) is 29.0 Å². The van der Waals surface area contributed by atoms with E-state index in [9.17, 15) is 9.59 Å². The number of nitrogens with zero attached hydrogens (tertiary/aromatic N) is 1. The Bertz CT molecular complexity index is 1130. The molecule has 1 fully saturated rings. The van der Waals surface area contributed by atoms with Gasteiger partial charge in [0.05, 0.1) is 0 Å². The number of rotatable bonds is 6. The summed E-state index contributed by atoms with van der Waals surface area (Å²) in [5.74, 6) is 2.25. The summed E-state index contributed by atoms with van der Waals surface area (Å²) in [4.78, 5) is 27.2. The van der Waals surface area contributed by atoms with Gasteiger partial charge in [-0.15, -0.1) is 0 Å². The molecule has 1 saturated carbocycles. The zero-order valence-corrected chi connectivity index (χ0v) is 19.6. The largest absolute Gasteiger partial charge is 0.461 e. The number of carbonyl (C=O) groups excluding carboxylic acids is 2. The van der Waals surface area contributed by atoms with Gasteiger partial charge in [0.15, 0.2) is 0 Å². The Morgan fingerprint density at radius 3 is 2.50 bits per heavy atom. The summed E-state index contributed by atoms with van der Waals surface area (Å²) in [6, 6.07) is 20.1. The lowest BCUT2D eigenvalue weighted by Crippen LogP contribution is -2.35. The highest BCUT2D eigenvalue weighted by Gasteiger charge is 2.25. The minimum Gasteiger partial charge on any atom is -0.461 e. The van der Waals surface area contributed by atoms with Crippen molar-refractivity contribution >= 4 is 17.5 Å². The van der Waals surface area contributed by atoms with E-state index in [0.29, 0.717) is 19.5 Å². The van der Waals surface area contributed by atoms with Gasteiger partial charge >= 0.3 is 0 Å². The first-order valence-corrected chi connectivity index (χ1v) is 12.5. The Hall–Kier alpha value is -3.34. The smallest absolute Gasteiger partial charge is 0.227 e. The van der Waals surface area contributed by atoms with Gasteiger partial charge < -0.3 is 14.6 Å². The fraction of sp³-hybridized carbons (Fsp3) is 0.379. The van der Waals surface area contributed by atoms with E-state index in [4.69, 9.17) is 4.42 Å². The summed E-state index contributed by atoms with van der Waals surface area (Å²) < 4.78 is 6.14. The molecule has 0 bridgehead atoms. The van der Waals surface area contributed by atoms with E-state index in [1.165, 1.54) is 12.0 Å². The molecule has 2 heterocycles. The van der Waals surface area contributed by atoms with E-state index in [0.717, 1.165) is 66.9 Å². The third kappa shape index (κ3) is 5.24. The number of nitrogens with one attached hydrogen (secondary N) is 1. The molecule has 5 heteroatoms. The lowest BCUT2D eigenvalue weighted by Gasteiger charge is -2.26. The quantitative estimate of drug-likeness (QED) is 0.496. The molecule has 5 rings (SSSR count). The number of fused-ring (bicyclic) bond motifs is 1. The summed E-state index contributed by atoms with van der Waals surface area (Å²) >= 11 is 0. The average Bonchev–Trinajstić information content (AvgIpc) is 3.32. The van der Waals surface area contributed by atoms with Gasteiger partial charge in [0, 0.05) is 48.7 Å². The Morgan fingerprint density at radius 1 is 0.971 bits per heavy atom. The molecule has 2 aliphatic rings. The van der Waals surface area contributed by atoms with Gasteiger partial charge in [-0.1, -0.05) is 49.6 Å². The first kappa shape index (κ1) is 22.5. The zero-order valence-electron chi connectivity index (χ0n) is 19.6. The molecule has 2 aromatic carbocycles. The summed E-state index contributed by atoms with van der Waals surface area (Å²) in [5, 5.41) is 3.07. The van der Waals surface area contributed by atoms with Gasteiger partial charge in [-0.25, -0.2) is 0 Å². The van der Waals surface area contributed by atoms with Gasteiger partial charge in [-0.2, -0.15) is 0 Å². The van der Waals surface area contributed by atoms with Crippen LogP contribution in [0.3, 0.4) is 0 Å². The summed E-state index contributed by atoms with van der Waals surface area (Å²) in [6.07, 6.45) is 7.56. The van der Waals surface area contributed by atoms with Crippen molar-refractivity contribution in [1.29, 1.82) is 0 Å². The Labute approximate surface area is 201 Å². The van der Waals surface area contributed by atoms with Gasteiger partial charge in [-0.3, -0.25) is 9.59 Å². The second-order valence-electron chi connectivity index (χ2n) is 9.51. The van der Waals surface area contributed by atoms with E-state index in [1.807, 2.05) is 47.4 Å². The van der Waals surface area contributed by atoms with Gasteiger partial charge in [0.1, 0.15) is 11.5 Å². The zero-order chi connectivity index (χ0) is 23.3. The van der Waals surface area contributed by atoms with Crippen molar-refractivity contribution in [2.45, 2.75) is 57.9 Å². The first-order chi connectivity index (χ1) is 16.7. The third-order valence-corrected chi connectivity index (χ3v) is 7.10. The number of carbonyl (C=O) groups is 2. The highest BCUT2D eigenvalue weighted by Crippen LogP contribution is 2.31. The van der Waals surface area contributed by atoms with Crippen LogP contribution in [0.4, 0.5) is 5.69 Å². The molecule has 5 nitrogen and oxygen atoms in total. The standard InChI is InChI=1S/C29H32N2O3/c32-28(16-11-21-7-3-1-4-8-21)31-18-17-26-24(20-31)19-27(34-26)22-12-14-25(15-13-22)30-29(33)23-9-5-2-6-10-23/h1,3-4,7-8,12-15,19,23H,2,5-6,9-11,16-18,20H2,(H,30,33). The van der Waals surface area contributed by atoms with Gasteiger partial charge in [0.25, 0.3) is 0 Å². The Balaban J connectivity index is 1.19. The number of benzene rings is 2. The number of hydrogen-bond acceptors (Lipinski definition) is 3. The molecule has 1 N–H and O–H groups in total. The molecule has 0 spiro atoms. The number of aryl methyl sites for hydroxylation is 1.